The Kier molecular flexibility index (Phi) is 3.83. The van der Waals surface area contributed by atoms with E-state index in [0.29, 0.717) is 13.2 Å². The molecule has 0 atom stereocenters. The topological polar surface area (TPSA) is 26.0 Å². The maximum atomic E-state index is 5.69. The summed E-state index contributed by atoms with van der Waals surface area (Å²) in [6, 6.07) is 12.2. The summed E-state index contributed by atoms with van der Waals surface area (Å²) in [5, 5.41) is 0. The number of aryl methyl sites for hydroxylation is 2. The number of ether oxygens (including phenoxy) is 1. The molecule has 0 fully saturated rings. The molecule has 0 radical (unpaired) electrons. The summed E-state index contributed by atoms with van der Waals surface area (Å²) in [7, 11) is 1.98. The molecule has 0 bridgehead atoms. The Labute approximate surface area is 102 Å². The van der Waals surface area contributed by atoms with Crippen LogP contribution in [-0.2, 0) is 25.0 Å². The van der Waals surface area contributed by atoms with Gasteiger partial charge in [-0.05, 0) is 5.56 Å². The molecule has 0 aliphatic heterocycles. The fraction of sp³-hybridized carbons (Fsp3) is 0.286. The molecule has 3 nitrogen and oxygen atoms in total. The van der Waals surface area contributed by atoms with Crippen LogP contribution in [0.5, 0.6) is 0 Å². The van der Waals surface area contributed by atoms with Gasteiger partial charge in [-0.2, -0.15) is 0 Å². The van der Waals surface area contributed by atoms with Crippen molar-refractivity contribution >= 4 is 0 Å². The zero-order valence-corrected chi connectivity index (χ0v) is 10.3. The van der Waals surface area contributed by atoms with E-state index in [0.717, 1.165) is 11.4 Å². The van der Waals surface area contributed by atoms with E-state index in [-0.39, 0.29) is 0 Å². The fourth-order valence-electron chi connectivity index (χ4n) is 1.62. The highest BCUT2D eigenvalue weighted by Crippen LogP contribution is 2.03. The Balaban J connectivity index is 1.92. The van der Waals surface area contributed by atoms with Crippen LogP contribution in [0.1, 0.15) is 17.0 Å². The summed E-state index contributed by atoms with van der Waals surface area (Å²) in [6.45, 7) is 3.23. The molecular weight excluding hydrogens is 212 g/mol. The largest absolute Gasteiger partial charge is 0.368 e. The van der Waals surface area contributed by atoms with Crippen LogP contribution < -0.4 is 4.57 Å². The van der Waals surface area contributed by atoms with E-state index in [1.807, 2.05) is 49.1 Å². The minimum Gasteiger partial charge on any atom is -0.368 e. The van der Waals surface area contributed by atoms with Gasteiger partial charge in [0.15, 0.2) is 5.69 Å². The Morgan fingerprint density at radius 3 is 2.71 bits per heavy atom. The Morgan fingerprint density at radius 2 is 1.94 bits per heavy atom. The molecule has 0 unspecified atom stereocenters. The first-order valence-corrected chi connectivity index (χ1v) is 5.68. The van der Waals surface area contributed by atoms with E-state index in [1.165, 1.54) is 5.56 Å². The van der Waals surface area contributed by atoms with E-state index >= 15 is 0 Å². The monoisotopic (exact) mass is 229 g/mol. The van der Waals surface area contributed by atoms with Crippen LogP contribution in [0.3, 0.4) is 0 Å². The highest BCUT2D eigenvalue weighted by atomic mass is 16.5. The highest BCUT2D eigenvalue weighted by Gasteiger charge is 2.05. The summed E-state index contributed by atoms with van der Waals surface area (Å²) in [4.78, 5) is 4.21. The normalized spacial score (nSPS) is 10.5. The molecule has 1 heterocycles. The number of benzene rings is 1. The van der Waals surface area contributed by atoms with Crippen LogP contribution in [-0.4, -0.2) is 4.98 Å². The Bertz CT molecular complexity index is 483. The van der Waals surface area contributed by atoms with Gasteiger partial charge in [0, 0.05) is 13.0 Å². The average Bonchev–Trinajstić information content (AvgIpc) is 2.35. The van der Waals surface area contributed by atoms with Crippen LogP contribution in [0.15, 0.2) is 42.7 Å². The van der Waals surface area contributed by atoms with Gasteiger partial charge in [-0.25, -0.2) is 4.57 Å². The van der Waals surface area contributed by atoms with Crippen molar-refractivity contribution in [3.63, 3.8) is 0 Å². The third-order valence-electron chi connectivity index (χ3n) is 2.62. The van der Waals surface area contributed by atoms with Gasteiger partial charge in [0.2, 0.25) is 0 Å². The summed E-state index contributed by atoms with van der Waals surface area (Å²) < 4.78 is 7.68. The average molecular weight is 229 g/mol. The quantitative estimate of drug-likeness (QED) is 0.749. The van der Waals surface area contributed by atoms with E-state index in [1.54, 1.807) is 0 Å². The van der Waals surface area contributed by atoms with Crippen LogP contribution in [0.25, 0.3) is 0 Å². The third-order valence-corrected chi connectivity index (χ3v) is 2.62. The Hall–Kier alpha value is -1.74. The first-order valence-electron chi connectivity index (χ1n) is 5.68. The molecule has 1 aromatic heterocycles. The smallest absolute Gasteiger partial charge is 0.286 e. The van der Waals surface area contributed by atoms with Crippen molar-refractivity contribution in [2.24, 2.45) is 7.05 Å². The van der Waals surface area contributed by atoms with E-state index < -0.39 is 0 Å². The number of hydrogen-bond donors (Lipinski definition) is 0. The number of hydrogen-bond acceptors (Lipinski definition) is 2. The van der Waals surface area contributed by atoms with Gasteiger partial charge in [0.1, 0.15) is 12.3 Å². The molecule has 2 aromatic rings. The van der Waals surface area contributed by atoms with Gasteiger partial charge in [-0.1, -0.05) is 35.3 Å². The summed E-state index contributed by atoms with van der Waals surface area (Å²) >= 11 is 0. The molecule has 1 aromatic carbocycles. The maximum absolute atomic E-state index is 5.69. The highest BCUT2D eigenvalue weighted by molar-refractivity contribution is 5.13. The van der Waals surface area contributed by atoms with E-state index in [4.69, 9.17) is 4.74 Å². The van der Waals surface area contributed by atoms with Crippen LogP contribution in [0.4, 0.5) is 0 Å². The van der Waals surface area contributed by atoms with Crippen LogP contribution >= 0.6 is 0 Å². The zero-order chi connectivity index (χ0) is 12.1. The number of rotatable bonds is 4. The summed E-state index contributed by atoms with van der Waals surface area (Å²) in [6.07, 6.45) is 1.82. The van der Waals surface area contributed by atoms with Crippen molar-refractivity contribution < 1.29 is 9.30 Å². The van der Waals surface area contributed by atoms with Crippen molar-refractivity contribution in [1.29, 1.82) is 0 Å². The first-order chi connectivity index (χ1) is 8.25. The molecule has 88 valence electrons. The fourth-order valence-corrected chi connectivity index (χ4v) is 1.62. The predicted octanol–water partition coefficient (Wildman–Crippen LogP) is 1.93. The first kappa shape index (κ1) is 11.7. The van der Waals surface area contributed by atoms with Crippen LogP contribution in [0.2, 0.25) is 0 Å². The lowest BCUT2D eigenvalue weighted by Gasteiger charge is -2.04. The standard InChI is InChI=1S/C14H17N2O/c1-12-8-14(16(2)11-15-12)10-17-9-13-6-4-3-5-7-13/h3-8,11H,9-10H2,1-2H3/q+1. The molecule has 3 heteroatoms. The predicted molar refractivity (Wildman–Crippen MR) is 65.1 cm³/mol. The summed E-state index contributed by atoms with van der Waals surface area (Å²) in [5.74, 6) is 0. The van der Waals surface area contributed by atoms with E-state index in [2.05, 4.69) is 17.1 Å². The second-order valence-electron chi connectivity index (χ2n) is 4.11. The van der Waals surface area contributed by atoms with Gasteiger partial charge >= 0.3 is 0 Å². The molecule has 17 heavy (non-hydrogen) atoms. The third kappa shape index (κ3) is 3.36. The molecule has 0 spiro atoms. The molecule has 0 aliphatic rings. The van der Waals surface area contributed by atoms with Gasteiger partial charge in [-0.15, -0.1) is 0 Å². The lowest BCUT2D eigenvalue weighted by Crippen LogP contribution is -2.34. The van der Waals surface area contributed by atoms with E-state index in [9.17, 15) is 0 Å². The minimum absolute atomic E-state index is 0.606. The molecule has 0 saturated heterocycles. The molecule has 2 rings (SSSR count). The Morgan fingerprint density at radius 1 is 1.18 bits per heavy atom. The van der Waals surface area contributed by atoms with Gasteiger partial charge in [0.25, 0.3) is 6.33 Å². The van der Waals surface area contributed by atoms with Gasteiger partial charge in [-0.3, -0.25) is 0 Å². The van der Waals surface area contributed by atoms with Crippen molar-refractivity contribution in [1.82, 2.24) is 4.98 Å². The zero-order valence-electron chi connectivity index (χ0n) is 10.3. The maximum Gasteiger partial charge on any atom is 0.286 e. The van der Waals surface area contributed by atoms with Crippen molar-refractivity contribution in [3.8, 4) is 0 Å². The summed E-state index contributed by atoms with van der Waals surface area (Å²) in [5.41, 5.74) is 3.34. The van der Waals surface area contributed by atoms with Crippen molar-refractivity contribution in [2.45, 2.75) is 20.1 Å². The molecule has 0 amide bonds. The number of nitrogens with zero attached hydrogens (tertiary/aromatic N) is 2. The molecule has 0 aliphatic carbocycles. The molecule has 0 N–H and O–H groups in total. The number of aromatic nitrogens is 2. The molecule has 0 saturated carbocycles. The SMILES string of the molecule is Cc1cc(COCc2ccccc2)[n+](C)cn1. The molecular formula is C14H17N2O+. The lowest BCUT2D eigenvalue weighted by molar-refractivity contribution is -0.684. The minimum atomic E-state index is 0.606. The van der Waals surface area contributed by atoms with Crippen molar-refractivity contribution in [2.75, 3.05) is 0 Å². The second kappa shape index (κ2) is 5.55. The van der Waals surface area contributed by atoms with Crippen LogP contribution in [0, 0.1) is 6.92 Å². The van der Waals surface area contributed by atoms with Gasteiger partial charge < -0.3 is 4.74 Å². The second-order valence-corrected chi connectivity index (χ2v) is 4.11. The lowest BCUT2D eigenvalue weighted by atomic mass is 10.2. The van der Waals surface area contributed by atoms with Crippen molar-refractivity contribution in [3.05, 3.63) is 59.7 Å². The van der Waals surface area contributed by atoms with Gasteiger partial charge in [0.05, 0.1) is 13.7 Å².